The molecule has 0 amide bonds. The van der Waals surface area contributed by atoms with Crippen LogP contribution in [0, 0.1) is 11.6 Å². The van der Waals surface area contributed by atoms with Crippen molar-refractivity contribution in [3.8, 4) is 22.9 Å². The van der Waals surface area contributed by atoms with Gasteiger partial charge in [0.2, 0.25) is 10.9 Å². The molecule has 0 unspecified atom stereocenters. The van der Waals surface area contributed by atoms with Gasteiger partial charge in [-0.05, 0) is 56.5 Å². The number of benzene rings is 2. The van der Waals surface area contributed by atoms with E-state index in [4.69, 9.17) is 4.42 Å². The molecular weight excluding hydrogens is 630 g/mol. The zero-order valence-electron chi connectivity index (χ0n) is 27.4. The lowest BCUT2D eigenvalue weighted by Crippen LogP contribution is -2.46. The molecule has 2 aromatic carbocycles. The molecule has 3 aromatic heterocycles. The quantitative estimate of drug-likeness (QED) is 0.268. The molecule has 5 aromatic rings. The lowest BCUT2D eigenvalue weighted by atomic mass is 10.1. The number of anilines is 2. The minimum atomic E-state index is -0.451. The summed E-state index contributed by atoms with van der Waals surface area (Å²) in [7, 11) is 0. The third kappa shape index (κ3) is 5.30. The number of hydrogen-bond donors (Lipinski definition) is 1. The van der Waals surface area contributed by atoms with Crippen LogP contribution in [0.2, 0.25) is 0 Å². The van der Waals surface area contributed by atoms with Crippen LogP contribution in [0.1, 0.15) is 44.7 Å². The predicted octanol–water partition coefficient (Wildman–Crippen LogP) is 4.53. The fraction of sp³-hybridized carbons (Fsp3) is 0.444. The number of likely N-dealkylation sites (N-methyl/N-ethyl adjacent to an activating group) is 1. The van der Waals surface area contributed by atoms with Gasteiger partial charge in [-0.3, -0.25) is 9.59 Å². The summed E-state index contributed by atoms with van der Waals surface area (Å²) in [6.07, 6.45) is 7.22. The zero-order valence-corrected chi connectivity index (χ0v) is 27.4. The molecule has 4 aliphatic rings. The first-order valence-electron chi connectivity index (χ1n) is 17.4. The van der Waals surface area contributed by atoms with Gasteiger partial charge < -0.3 is 33.6 Å². The molecule has 9 rings (SSSR count). The second kappa shape index (κ2) is 11.8. The van der Waals surface area contributed by atoms with E-state index >= 15 is 8.78 Å². The summed E-state index contributed by atoms with van der Waals surface area (Å²) in [5.41, 5.74) is 1.80. The Hall–Kier alpha value is -4.62. The molecule has 0 atom stereocenters. The molecule has 11 nitrogen and oxygen atoms in total. The van der Waals surface area contributed by atoms with E-state index in [1.165, 1.54) is 12.1 Å². The number of fused-ring (bicyclic) bond motifs is 2. The topological polar surface area (TPSA) is 105 Å². The Morgan fingerprint density at radius 3 is 1.63 bits per heavy atom. The largest absolute Gasteiger partial charge is 0.416 e. The van der Waals surface area contributed by atoms with E-state index in [2.05, 4.69) is 32.2 Å². The first-order valence-corrected chi connectivity index (χ1v) is 17.4. The molecule has 0 spiro atoms. The summed E-state index contributed by atoms with van der Waals surface area (Å²) in [4.78, 5) is 34.2. The van der Waals surface area contributed by atoms with Gasteiger partial charge in [0.25, 0.3) is 11.8 Å². The third-order valence-corrected chi connectivity index (χ3v) is 10.6. The Balaban J connectivity index is 1.12. The number of rotatable bonds is 7. The van der Waals surface area contributed by atoms with Gasteiger partial charge in [0.05, 0.1) is 22.4 Å². The van der Waals surface area contributed by atoms with Gasteiger partial charge in [0.1, 0.15) is 22.8 Å². The first kappa shape index (κ1) is 30.4. The van der Waals surface area contributed by atoms with Gasteiger partial charge in [-0.15, -0.1) is 10.2 Å². The van der Waals surface area contributed by atoms with Crippen molar-refractivity contribution in [1.29, 1.82) is 0 Å². The molecule has 0 bridgehead atoms. The van der Waals surface area contributed by atoms with Crippen LogP contribution in [0.25, 0.3) is 44.7 Å². The second-order valence-corrected chi connectivity index (χ2v) is 13.7. The van der Waals surface area contributed by atoms with E-state index in [1.54, 1.807) is 24.5 Å². The molecule has 2 aliphatic carbocycles. The Kier molecular flexibility index (Phi) is 7.31. The average Bonchev–Trinajstić information content (AvgIpc) is 4.07. The van der Waals surface area contributed by atoms with Crippen molar-refractivity contribution in [2.75, 3.05) is 68.7 Å². The minimum Gasteiger partial charge on any atom is -0.416 e. The van der Waals surface area contributed by atoms with E-state index in [0.717, 1.165) is 58.4 Å². The molecule has 0 radical (unpaired) electrons. The highest BCUT2D eigenvalue weighted by molar-refractivity contribution is 5.88. The number of piperazine rings is 2. The monoisotopic (exact) mass is 668 g/mol. The number of hydrogen-bond acceptors (Lipinski definition) is 9. The molecule has 2 saturated carbocycles. The molecule has 49 heavy (non-hydrogen) atoms. The van der Waals surface area contributed by atoms with Gasteiger partial charge in [-0.2, -0.15) is 0 Å². The normalized spacial score (nSPS) is 19.0. The lowest BCUT2D eigenvalue weighted by Gasteiger charge is -2.35. The van der Waals surface area contributed by atoms with E-state index in [1.807, 2.05) is 14.0 Å². The third-order valence-electron chi connectivity index (χ3n) is 10.6. The van der Waals surface area contributed by atoms with E-state index in [0.29, 0.717) is 48.6 Å². The highest BCUT2D eigenvalue weighted by Gasteiger charge is 2.31. The van der Waals surface area contributed by atoms with Crippen molar-refractivity contribution in [2.45, 2.75) is 44.7 Å². The number of aromatic nitrogens is 4. The van der Waals surface area contributed by atoms with E-state index in [-0.39, 0.29) is 45.8 Å². The van der Waals surface area contributed by atoms with Crippen molar-refractivity contribution in [3.05, 3.63) is 68.7 Å². The van der Waals surface area contributed by atoms with Gasteiger partial charge in [-0.1, -0.05) is 6.92 Å². The molecule has 13 heteroatoms. The fourth-order valence-electron chi connectivity index (χ4n) is 7.47. The van der Waals surface area contributed by atoms with Crippen LogP contribution in [-0.4, -0.2) is 83.1 Å². The highest BCUT2D eigenvalue weighted by Crippen LogP contribution is 2.41. The first-order chi connectivity index (χ1) is 23.9. The van der Waals surface area contributed by atoms with Gasteiger partial charge in [0.15, 0.2) is 0 Å². The van der Waals surface area contributed by atoms with Gasteiger partial charge in [0, 0.05) is 87.6 Å². The van der Waals surface area contributed by atoms with Crippen molar-refractivity contribution in [3.63, 3.8) is 0 Å². The summed E-state index contributed by atoms with van der Waals surface area (Å²) in [5, 5.41) is 12.2. The molecule has 254 valence electrons. The maximum atomic E-state index is 15.7. The summed E-state index contributed by atoms with van der Waals surface area (Å²) < 4.78 is 41.3. The van der Waals surface area contributed by atoms with Crippen molar-refractivity contribution in [1.82, 2.24) is 29.5 Å². The minimum absolute atomic E-state index is 0.0471. The van der Waals surface area contributed by atoms with E-state index < -0.39 is 22.5 Å². The number of pyridine rings is 2. The number of halogens is 2. The van der Waals surface area contributed by atoms with Crippen molar-refractivity contribution < 1.29 is 13.2 Å². The van der Waals surface area contributed by atoms with Crippen LogP contribution < -0.4 is 26.0 Å². The molecule has 5 heterocycles. The van der Waals surface area contributed by atoms with Crippen LogP contribution in [-0.2, 0) is 0 Å². The fourth-order valence-corrected chi connectivity index (χ4v) is 7.47. The molecule has 2 aliphatic heterocycles. The molecule has 2 saturated heterocycles. The van der Waals surface area contributed by atoms with Crippen LogP contribution >= 0.6 is 0 Å². The summed E-state index contributed by atoms with van der Waals surface area (Å²) in [5.74, 6) is -0.987. The van der Waals surface area contributed by atoms with Crippen LogP contribution in [0.15, 0.2) is 50.7 Å². The lowest BCUT2D eigenvalue weighted by molar-refractivity contribution is 0.270. The smallest absolute Gasteiger partial charge is 0.253 e. The zero-order chi connectivity index (χ0) is 33.4. The average molecular weight is 669 g/mol. The number of nitrogens with one attached hydrogen (secondary N) is 1. The molecular formula is C36H38F2N8O3. The molecule has 4 fully saturated rings. The Morgan fingerprint density at radius 1 is 0.714 bits per heavy atom. The Bertz CT molecular complexity index is 2220. The standard InChI is InChI=1S/C36H38F2N8O3/c1-2-42-11-13-44(14-12-42)32-18-30-24(16-28(32)38)34(48)26(20-46(30)22-5-6-22)36-41-40-35(49-36)25-19-45(21-3-4-21)29-17-31(43-9-7-39-8-10-43)27(37)15-23(29)33(25)47/h15-22,39H,2-14H2,1H3. The Morgan fingerprint density at radius 2 is 1.18 bits per heavy atom. The van der Waals surface area contributed by atoms with Crippen molar-refractivity contribution >= 4 is 33.2 Å². The summed E-state index contributed by atoms with van der Waals surface area (Å²) in [6, 6.07) is 6.58. The van der Waals surface area contributed by atoms with Crippen LogP contribution in [0.3, 0.4) is 0 Å². The maximum Gasteiger partial charge on any atom is 0.253 e. The predicted molar refractivity (Wildman–Crippen MR) is 185 cm³/mol. The maximum absolute atomic E-state index is 15.7. The SMILES string of the molecule is CCN1CCN(c2cc3c(cc2F)c(=O)c(-c2nnc(-c4cn(C5CC5)c5cc(N6CCNCC6)c(F)cc5c4=O)o2)cn3C2CC2)CC1. The molecule has 1 N–H and O–H groups in total. The van der Waals surface area contributed by atoms with Crippen molar-refractivity contribution in [2.24, 2.45) is 0 Å². The van der Waals surface area contributed by atoms with Gasteiger partial charge in [-0.25, -0.2) is 8.78 Å². The summed E-state index contributed by atoms with van der Waals surface area (Å²) >= 11 is 0. The van der Waals surface area contributed by atoms with Crippen LogP contribution in [0.5, 0.6) is 0 Å². The second-order valence-electron chi connectivity index (χ2n) is 13.7. The van der Waals surface area contributed by atoms with Crippen LogP contribution in [0.4, 0.5) is 20.2 Å². The van der Waals surface area contributed by atoms with E-state index in [9.17, 15) is 9.59 Å². The summed E-state index contributed by atoms with van der Waals surface area (Å²) in [6.45, 7) is 9.13. The Labute approximate surface area is 280 Å². The number of nitrogens with zero attached hydrogens (tertiary/aromatic N) is 7. The highest BCUT2D eigenvalue weighted by atomic mass is 19.1. The van der Waals surface area contributed by atoms with Gasteiger partial charge >= 0.3 is 0 Å².